The number of fused-ring (bicyclic) bond motifs is 3. The van der Waals surface area contributed by atoms with Crippen LogP contribution in [0.15, 0.2) is 36.7 Å². The van der Waals surface area contributed by atoms with Crippen molar-refractivity contribution in [1.29, 1.82) is 0 Å². The van der Waals surface area contributed by atoms with E-state index in [0.717, 1.165) is 35.0 Å². The van der Waals surface area contributed by atoms with Crippen LogP contribution in [0.2, 0.25) is 0 Å². The molecule has 0 radical (unpaired) electrons. The SMILES string of the molecule is O=C([O-])[C@@H](Cc1ccccc1)Nc1ncnc2sc3c(c12)CCCC3. The topological polar surface area (TPSA) is 77.9 Å². The van der Waals surface area contributed by atoms with Crippen LogP contribution < -0.4 is 10.4 Å². The summed E-state index contributed by atoms with van der Waals surface area (Å²) in [6.45, 7) is 0. The number of aliphatic carboxylic acids is 1. The first-order valence-electron chi connectivity index (χ1n) is 8.49. The van der Waals surface area contributed by atoms with Gasteiger partial charge in [-0.15, -0.1) is 11.3 Å². The lowest BCUT2D eigenvalue weighted by atomic mass is 9.97. The number of carbonyl (C=O) groups is 1. The monoisotopic (exact) mass is 352 g/mol. The lowest BCUT2D eigenvalue weighted by Gasteiger charge is -2.21. The molecule has 0 amide bonds. The number of rotatable bonds is 5. The van der Waals surface area contributed by atoms with Crippen LogP contribution in [0.4, 0.5) is 5.82 Å². The van der Waals surface area contributed by atoms with E-state index in [1.54, 1.807) is 11.3 Å². The van der Waals surface area contributed by atoms with E-state index in [4.69, 9.17) is 0 Å². The van der Waals surface area contributed by atoms with Crippen molar-refractivity contribution in [3.8, 4) is 0 Å². The number of carboxylic acid groups (broad SMARTS) is 1. The quantitative estimate of drug-likeness (QED) is 0.763. The third-order valence-electron chi connectivity index (χ3n) is 4.63. The Morgan fingerprint density at radius 3 is 2.80 bits per heavy atom. The Kier molecular flexibility index (Phi) is 4.36. The molecule has 0 saturated heterocycles. The predicted molar refractivity (Wildman–Crippen MR) is 96.6 cm³/mol. The van der Waals surface area contributed by atoms with Gasteiger partial charge in [-0.2, -0.15) is 0 Å². The molecule has 1 aromatic carbocycles. The molecule has 0 aliphatic heterocycles. The summed E-state index contributed by atoms with van der Waals surface area (Å²) >= 11 is 1.70. The van der Waals surface area contributed by atoms with E-state index in [1.165, 1.54) is 23.2 Å². The van der Waals surface area contributed by atoms with Crippen LogP contribution >= 0.6 is 11.3 Å². The zero-order chi connectivity index (χ0) is 17.2. The van der Waals surface area contributed by atoms with Crippen LogP contribution in [0.5, 0.6) is 0 Å². The van der Waals surface area contributed by atoms with Crippen LogP contribution in [0.25, 0.3) is 10.2 Å². The second kappa shape index (κ2) is 6.80. The standard InChI is InChI=1S/C19H19N3O2S/c23-19(24)14(10-12-6-2-1-3-7-12)22-17-16-13-8-4-5-9-15(13)25-18(16)21-11-20-17/h1-3,6-7,11,14H,4-5,8-10H2,(H,23,24)(H,20,21,22)/p-1/t14-/m1/s1. The van der Waals surface area contributed by atoms with E-state index in [0.29, 0.717) is 12.2 Å². The Morgan fingerprint density at radius 2 is 2.00 bits per heavy atom. The molecule has 2 aromatic heterocycles. The molecule has 6 heteroatoms. The number of benzene rings is 1. The molecule has 25 heavy (non-hydrogen) atoms. The number of carbonyl (C=O) groups excluding carboxylic acids is 1. The minimum atomic E-state index is -1.13. The van der Waals surface area contributed by atoms with Crippen molar-refractivity contribution >= 4 is 33.3 Å². The fourth-order valence-electron chi connectivity index (χ4n) is 3.41. The van der Waals surface area contributed by atoms with Crippen molar-refractivity contribution in [2.45, 2.75) is 38.1 Å². The van der Waals surface area contributed by atoms with Gasteiger partial charge in [0.15, 0.2) is 0 Å². The van der Waals surface area contributed by atoms with Crippen LogP contribution in [0.1, 0.15) is 28.8 Å². The van der Waals surface area contributed by atoms with Crippen LogP contribution in [-0.4, -0.2) is 22.0 Å². The third-order valence-corrected chi connectivity index (χ3v) is 5.83. The molecule has 0 unspecified atom stereocenters. The number of aryl methyl sites for hydroxylation is 2. The van der Waals surface area contributed by atoms with Crippen molar-refractivity contribution in [1.82, 2.24) is 9.97 Å². The maximum Gasteiger partial charge on any atom is 0.138 e. The molecule has 5 nitrogen and oxygen atoms in total. The number of carboxylic acids is 1. The van der Waals surface area contributed by atoms with Gasteiger partial charge in [-0.1, -0.05) is 30.3 Å². The van der Waals surface area contributed by atoms with Crippen molar-refractivity contribution in [3.05, 3.63) is 52.7 Å². The molecule has 4 rings (SSSR count). The molecule has 0 bridgehead atoms. The Labute approximate surface area is 149 Å². The highest BCUT2D eigenvalue weighted by Crippen LogP contribution is 2.38. The summed E-state index contributed by atoms with van der Waals surface area (Å²) in [5.74, 6) is -0.519. The Hall–Kier alpha value is -2.47. The first kappa shape index (κ1) is 16.0. The second-order valence-corrected chi connectivity index (χ2v) is 7.40. The van der Waals surface area contributed by atoms with Gasteiger partial charge in [0.1, 0.15) is 17.0 Å². The fraction of sp³-hybridized carbons (Fsp3) is 0.316. The van der Waals surface area contributed by atoms with E-state index < -0.39 is 12.0 Å². The highest BCUT2D eigenvalue weighted by atomic mass is 32.1. The zero-order valence-electron chi connectivity index (χ0n) is 13.7. The van der Waals surface area contributed by atoms with Crippen LogP contribution in [-0.2, 0) is 24.1 Å². The summed E-state index contributed by atoms with van der Waals surface area (Å²) in [5.41, 5.74) is 2.23. The third kappa shape index (κ3) is 3.22. The van der Waals surface area contributed by atoms with E-state index in [1.807, 2.05) is 30.3 Å². The van der Waals surface area contributed by atoms with Gasteiger partial charge in [0.2, 0.25) is 0 Å². The lowest BCUT2D eigenvalue weighted by Crippen LogP contribution is -2.42. The predicted octanol–water partition coefficient (Wildman–Crippen LogP) is 2.34. The van der Waals surface area contributed by atoms with E-state index in [-0.39, 0.29) is 0 Å². The van der Waals surface area contributed by atoms with Crippen molar-refractivity contribution < 1.29 is 9.90 Å². The molecule has 3 aromatic rings. The largest absolute Gasteiger partial charge is 0.548 e. The number of hydrogen-bond acceptors (Lipinski definition) is 6. The molecule has 0 fully saturated rings. The average Bonchev–Trinajstić information content (AvgIpc) is 3.01. The van der Waals surface area contributed by atoms with Crippen molar-refractivity contribution in [3.63, 3.8) is 0 Å². The van der Waals surface area contributed by atoms with Gasteiger partial charge in [-0.05, 0) is 43.2 Å². The van der Waals surface area contributed by atoms with Crippen molar-refractivity contribution in [2.24, 2.45) is 0 Å². The van der Waals surface area contributed by atoms with Gasteiger partial charge in [-0.25, -0.2) is 9.97 Å². The first-order valence-corrected chi connectivity index (χ1v) is 9.30. The van der Waals surface area contributed by atoms with E-state index in [9.17, 15) is 9.90 Å². The van der Waals surface area contributed by atoms with E-state index in [2.05, 4.69) is 15.3 Å². The summed E-state index contributed by atoms with van der Waals surface area (Å²) in [7, 11) is 0. The number of nitrogens with one attached hydrogen (secondary N) is 1. The number of nitrogens with zero attached hydrogens (tertiary/aromatic N) is 2. The number of aromatic nitrogens is 2. The molecule has 1 aliphatic carbocycles. The van der Waals surface area contributed by atoms with Gasteiger partial charge in [0.05, 0.1) is 17.4 Å². The molecule has 1 N–H and O–H groups in total. The number of anilines is 1. The summed E-state index contributed by atoms with van der Waals surface area (Å²) in [6.07, 6.45) is 6.28. The molecule has 1 atom stereocenters. The molecule has 128 valence electrons. The zero-order valence-corrected chi connectivity index (χ0v) is 14.5. The van der Waals surface area contributed by atoms with Crippen molar-refractivity contribution in [2.75, 3.05) is 5.32 Å². The maximum atomic E-state index is 11.7. The number of hydrogen-bond donors (Lipinski definition) is 1. The first-order chi connectivity index (χ1) is 12.2. The van der Waals surface area contributed by atoms with E-state index >= 15 is 0 Å². The summed E-state index contributed by atoms with van der Waals surface area (Å²) in [4.78, 5) is 22.7. The summed E-state index contributed by atoms with van der Waals surface area (Å²) in [6, 6.07) is 8.72. The minimum Gasteiger partial charge on any atom is -0.548 e. The Bertz CT molecular complexity index is 908. The summed E-state index contributed by atoms with van der Waals surface area (Å²) < 4.78 is 0. The molecule has 2 heterocycles. The van der Waals surface area contributed by atoms with Crippen LogP contribution in [0.3, 0.4) is 0 Å². The average molecular weight is 352 g/mol. The normalized spacial score (nSPS) is 14.9. The smallest absolute Gasteiger partial charge is 0.138 e. The maximum absolute atomic E-state index is 11.7. The molecule has 0 spiro atoms. The number of thiophene rings is 1. The van der Waals surface area contributed by atoms with Gasteiger partial charge >= 0.3 is 0 Å². The van der Waals surface area contributed by atoms with Gasteiger partial charge < -0.3 is 15.2 Å². The highest BCUT2D eigenvalue weighted by Gasteiger charge is 2.21. The molecule has 1 aliphatic rings. The fourth-order valence-corrected chi connectivity index (χ4v) is 4.64. The lowest BCUT2D eigenvalue weighted by molar-refractivity contribution is -0.306. The second-order valence-electron chi connectivity index (χ2n) is 6.32. The molecular formula is C19H18N3O2S-. The highest BCUT2D eigenvalue weighted by molar-refractivity contribution is 7.19. The van der Waals surface area contributed by atoms with Gasteiger partial charge in [0.25, 0.3) is 0 Å². The summed E-state index contributed by atoms with van der Waals surface area (Å²) in [5, 5.41) is 15.7. The van der Waals surface area contributed by atoms with Gasteiger partial charge in [-0.3, -0.25) is 0 Å². The Balaban J connectivity index is 1.68. The minimum absolute atomic E-state index is 0.348. The van der Waals surface area contributed by atoms with Crippen LogP contribution in [0, 0.1) is 0 Å². The Morgan fingerprint density at radius 1 is 1.20 bits per heavy atom. The molecule has 0 saturated carbocycles. The van der Waals surface area contributed by atoms with Gasteiger partial charge in [0, 0.05) is 4.88 Å². The molecular weight excluding hydrogens is 334 g/mol.